The molecule has 0 bridgehead atoms. The smallest absolute Gasteiger partial charge is 0.0505 e. The summed E-state index contributed by atoms with van der Waals surface area (Å²) in [5, 5.41) is 0. The van der Waals surface area contributed by atoms with Crippen molar-refractivity contribution in [2.24, 2.45) is 5.73 Å². The third-order valence-corrected chi connectivity index (χ3v) is 3.50. The highest BCUT2D eigenvalue weighted by atomic mass is 32.2. The van der Waals surface area contributed by atoms with Crippen LogP contribution in [0.15, 0.2) is 23.1 Å². The van der Waals surface area contributed by atoms with E-state index in [2.05, 4.69) is 30.0 Å². The predicted octanol–water partition coefficient (Wildman–Crippen LogP) is 1.87. The summed E-state index contributed by atoms with van der Waals surface area (Å²) < 4.78 is 0. The van der Waals surface area contributed by atoms with Crippen molar-refractivity contribution in [2.75, 3.05) is 30.3 Å². The van der Waals surface area contributed by atoms with Crippen molar-refractivity contribution in [3.05, 3.63) is 23.8 Å². The summed E-state index contributed by atoms with van der Waals surface area (Å²) in [6, 6.07) is 6.66. The van der Waals surface area contributed by atoms with Crippen molar-refractivity contribution in [1.82, 2.24) is 0 Å². The monoisotopic (exact) mass is 208 g/mol. The Hall–Kier alpha value is -0.670. The largest absolute Gasteiger partial charge is 0.369 e. The number of nitrogens with two attached hydrogens (primary N) is 1. The number of aryl methyl sites for hydroxylation is 1. The molecule has 0 atom stereocenters. The Balaban J connectivity index is 2.30. The highest BCUT2D eigenvalue weighted by Gasteiger charge is 2.15. The van der Waals surface area contributed by atoms with Gasteiger partial charge in [-0.25, -0.2) is 0 Å². The maximum Gasteiger partial charge on any atom is 0.0505 e. The van der Waals surface area contributed by atoms with Crippen molar-refractivity contribution in [3.63, 3.8) is 0 Å². The minimum Gasteiger partial charge on any atom is -0.369 e. The molecule has 14 heavy (non-hydrogen) atoms. The van der Waals surface area contributed by atoms with Crippen molar-refractivity contribution in [1.29, 1.82) is 0 Å². The molecule has 1 aromatic rings. The fourth-order valence-corrected chi connectivity index (χ4v) is 2.92. The predicted molar refractivity (Wildman–Crippen MR) is 63.2 cm³/mol. The maximum atomic E-state index is 5.60. The van der Waals surface area contributed by atoms with Crippen molar-refractivity contribution in [3.8, 4) is 0 Å². The Bertz CT molecular complexity index is 325. The van der Waals surface area contributed by atoms with Gasteiger partial charge < -0.3 is 10.6 Å². The number of benzene rings is 1. The SMILES string of the molecule is Cc1ccc2c(c1)SCCN2CCN. The topological polar surface area (TPSA) is 29.3 Å². The van der Waals surface area contributed by atoms with Gasteiger partial charge in [0.25, 0.3) is 0 Å². The first kappa shape index (κ1) is 9.87. The van der Waals surface area contributed by atoms with E-state index >= 15 is 0 Å². The van der Waals surface area contributed by atoms with Crippen LogP contribution in [0.25, 0.3) is 0 Å². The molecule has 3 heteroatoms. The molecular formula is C11H16N2S. The van der Waals surface area contributed by atoms with E-state index in [1.54, 1.807) is 0 Å². The van der Waals surface area contributed by atoms with Gasteiger partial charge in [-0.2, -0.15) is 0 Å². The second kappa shape index (κ2) is 4.24. The fraction of sp³-hybridized carbons (Fsp3) is 0.455. The fourth-order valence-electron chi connectivity index (χ4n) is 1.77. The lowest BCUT2D eigenvalue weighted by atomic mass is 10.2. The van der Waals surface area contributed by atoms with Gasteiger partial charge in [-0.1, -0.05) is 6.07 Å². The lowest BCUT2D eigenvalue weighted by molar-refractivity contribution is 0.804. The van der Waals surface area contributed by atoms with Gasteiger partial charge in [0.2, 0.25) is 0 Å². The van der Waals surface area contributed by atoms with E-state index in [-0.39, 0.29) is 0 Å². The third kappa shape index (κ3) is 1.88. The lowest BCUT2D eigenvalue weighted by Crippen LogP contribution is -2.33. The molecule has 2 N–H and O–H groups in total. The first-order chi connectivity index (χ1) is 6.81. The molecule has 1 aliphatic rings. The van der Waals surface area contributed by atoms with Gasteiger partial charge in [0.1, 0.15) is 0 Å². The third-order valence-electron chi connectivity index (χ3n) is 2.47. The van der Waals surface area contributed by atoms with E-state index in [4.69, 9.17) is 5.73 Å². The van der Waals surface area contributed by atoms with Gasteiger partial charge in [-0.15, -0.1) is 11.8 Å². The number of anilines is 1. The molecule has 1 aliphatic heterocycles. The van der Waals surface area contributed by atoms with Crippen LogP contribution in [0.3, 0.4) is 0 Å². The zero-order valence-corrected chi connectivity index (χ0v) is 9.31. The van der Waals surface area contributed by atoms with Gasteiger partial charge in [-0.05, 0) is 24.6 Å². The number of hydrogen-bond donors (Lipinski definition) is 1. The average molecular weight is 208 g/mol. The van der Waals surface area contributed by atoms with Crippen LogP contribution >= 0.6 is 11.8 Å². The summed E-state index contributed by atoms with van der Waals surface area (Å²) in [4.78, 5) is 3.79. The van der Waals surface area contributed by atoms with Crippen LogP contribution in [0.2, 0.25) is 0 Å². The minimum absolute atomic E-state index is 0.734. The van der Waals surface area contributed by atoms with E-state index in [9.17, 15) is 0 Å². The Kier molecular flexibility index (Phi) is 2.99. The molecule has 0 aliphatic carbocycles. The highest BCUT2D eigenvalue weighted by molar-refractivity contribution is 7.99. The number of rotatable bonds is 2. The van der Waals surface area contributed by atoms with Crippen LogP contribution in [0, 0.1) is 6.92 Å². The standard InChI is InChI=1S/C11H16N2S/c1-9-2-3-10-11(8-9)14-7-6-13(10)5-4-12/h2-3,8H,4-7,12H2,1H3. The summed E-state index contributed by atoms with van der Waals surface area (Å²) >= 11 is 1.95. The number of thioether (sulfide) groups is 1. The second-order valence-electron chi connectivity index (χ2n) is 3.60. The van der Waals surface area contributed by atoms with Crippen molar-refractivity contribution >= 4 is 17.4 Å². The van der Waals surface area contributed by atoms with Crippen molar-refractivity contribution < 1.29 is 0 Å². The van der Waals surface area contributed by atoms with Crippen molar-refractivity contribution in [2.45, 2.75) is 11.8 Å². The van der Waals surface area contributed by atoms with Gasteiger partial charge in [0, 0.05) is 30.3 Å². The molecule has 0 spiro atoms. The first-order valence-corrected chi connectivity index (χ1v) is 5.98. The average Bonchev–Trinajstić information content (AvgIpc) is 2.18. The van der Waals surface area contributed by atoms with E-state index in [0.717, 1.165) is 19.6 Å². The van der Waals surface area contributed by atoms with E-state index < -0.39 is 0 Å². The Morgan fingerprint density at radius 3 is 3.14 bits per heavy atom. The van der Waals surface area contributed by atoms with E-state index in [1.165, 1.54) is 21.9 Å². The van der Waals surface area contributed by atoms with Gasteiger partial charge in [0.05, 0.1) is 5.69 Å². The second-order valence-corrected chi connectivity index (χ2v) is 4.73. The first-order valence-electron chi connectivity index (χ1n) is 5.00. The van der Waals surface area contributed by atoms with Crippen LogP contribution in [-0.2, 0) is 0 Å². The van der Waals surface area contributed by atoms with Crippen LogP contribution in [0.1, 0.15) is 5.56 Å². The molecular weight excluding hydrogens is 192 g/mol. The highest BCUT2D eigenvalue weighted by Crippen LogP contribution is 2.34. The van der Waals surface area contributed by atoms with Crippen LogP contribution in [-0.4, -0.2) is 25.4 Å². The molecule has 0 saturated carbocycles. The molecule has 2 nitrogen and oxygen atoms in total. The summed E-state index contributed by atoms with van der Waals surface area (Å²) in [5.74, 6) is 1.18. The lowest BCUT2D eigenvalue weighted by Gasteiger charge is -2.30. The van der Waals surface area contributed by atoms with E-state index in [1.807, 2.05) is 11.8 Å². The minimum atomic E-state index is 0.734. The molecule has 2 rings (SSSR count). The normalized spacial score (nSPS) is 15.4. The quantitative estimate of drug-likeness (QED) is 0.804. The molecule has 0 radical (unpaired) electrons. The van der Waals surface area contributed by atoms with Crippen LogP contribution < -0.4 is 10.6 Å². The summed E-state index contributed by atoms with van der Waals surface area (Å²) in [5.41, 5.74) is 8.30. The zero-order valence-electron chi connectivity index (χ0n) is 8.49. The number of hydrogen-bond acceptors (Lipinski definition) is 3. The molecule has 0 amide bonds. The Morgan fingerprint density at radius 2 is 2.36 bits per heavy atom. The Labute approximate surface area is 89.5 Å². The molecule has 0 unspecified atom stereocenters. The molecule has 1 heterocycles. The maximum absolute atomic E-state index is 5.60. The van der Waals surface area contributed by atoms with Gasteiger partial charge in [0.15, 0.2) is 0 Å². The van der Waals surface area contributed by atoms with Crippen LogP contribution in [0.4, 0.5) is 5.69 Å². The molecule has 0 fully saturated rings. The Morgan fingerprint density at radius 1 is 1.50 bits per heavy atom. The molecule has 0 saturated heterocycles. The molecule has 0 aromatic heterocycles. The van der Waals surface area contributed by atoms with Gasteiger partial charge in [-0.3, -0.25) is 0 Å². The van der Waals surface area contributed by atoms with Crippen LogP contribution in [0.5, 0.6) is 0 Å². The molecule has 76 valence electrons. The molecule has 1 aromatic carbocycles. The van der Waals surface area contributed by atoms with E-state index in [0.29, 0.717) is 0 Å². The van der Waals surface area contributed by atoms with Gasteiger partial charge >= 0.3 is 0 Å². The summed E-state index contributed by atoms with van der Waals surface area (Å²) in [7, 11) is 0. The summed E-state index contributed by atoms with van der Waals surface area (Å²) in [6.07, 6.45) is 0. The number of nitrogens with zero attached hydrogens (tertiary/aromatic N) is 1. The zero-order chi connectivity index (χ0) is 9.97. The summed E-state index contributed by atoms with van der Waals surface area (Å²) in [6.45, 7) is 4.97. The number of fused-ring (bicyclic) bond motifs is 1.